The van der Waals surface area contributed by atoms with Gasteiger partial charge < -0.3 is 14.3 Å². The van der Waals surface area contributed by atoms with E-state index in [4.69, 9.17) is 14.3 Å². The summed E-state index contributed by atoms with van der Waals surface area (Å²) in [6.07, 6.45) is 3.51. The second-order valence-electron chi connectivity index (χ2n) is 4.26. The van der Waals surface area contributed by atoms with E-state index >= 15 is 0 Å². The van der Waals surface area contributed by atoms with Crippen LogP contribution in [0.3, 0.4) is 0 Å². The molecule has 4 heteroatoms. The zero-order chi connectivity index (χ0) is 13.7. The molecule has 0 radical (unpaired) electrons. The fourth-order valence-corrected chi connectivity index (χ4v) is 1.84. The third-order valence-corrected chi connectivity index (χ3v) is 2.80. The molecular formula is C15H16O4. The van der Waals surface area contributed by atoms with Crippen LogP contribution in [0, 0.1) is 0 Å². The number of hydrogen-bond acceptors (Lipinski definition) is 3. The number of benzene rings is 1. The first-order valence-corrected chi connectivity index (χ1v) is 6.22. The highest BCUT2D eigenvalue weighted by atomic mass is 16.5. The molecule has 2 aromatic rings. The van der Waals surface area contributed by atoms with E-state index in [1.807, 2.05) is 24.3 Å². The van der Waals surface area contributed by atoms with Crippen LogP contribution >= 0.6 is 0 Å². The van der Waals surface area contributed by atoms with Crippen molar-refractivity contribution in [1.29, 1.82) is 0 Å². The fourth-order valence-electron chi connectivity index (χ4n) is 1.84. The lowest BCUT2D eigenvalue weighted by Crippen LogP contribution is -2.02. The zero-order valence-electron chi connectivity index (χ0n) is 10.8. The third-order valence-electron chi connectivity index (χ3n) is 2.80. The fraction of sp³-hybridized carbons (Fsp3) is 0.267. The maximum atomic E-state index is 10.9. The predicted octanol–water partition coefficient (Wildman–Crippen LogP) is 3.51. The van der Waals surface area contributed by atoms with Crippen LogP contribution in [0.5, 0.6) is 5.75 Å². The molecule has 19 heavy (non-hydrogen) atoms. The molecule has 0 saturated carbocycles. The normalized spacial score (nSPS) is 10.4. The van der Waals surface area contributed by atoms with Crippen LogP contribution in [0.1, 0.15) is 35.0 Å². The molecule has 0 spiro atoms. The first-order valence-electron chi connectivity index (χ1n) is 6.22. The Morgan fingerprint density at radius 2 is 2.00 bits per heavy atom. The van der Waals surface area contributed by atoms with Gasteiger partial charge in [0.2, 0.25) is 5.76 Å². The van der Waals surface area contributed by atoms with Crippen LogP contribution in [0.2, 0.25) is 0 Å². The Kier molecular flexibility index (Phi) is 4.23. The van der Waals surface area contributed by atoms with Gasteiger partial charge in [-0.1, -0.05) is 25.5 Å². The van der Waals surface area contributed by atoms with Gasteiger partial charge >= 0.3 is 5.97 Å². The highest BCUT2D eigenvalue weighted by Crippen LogP contribution is 2.17. The molecule has 1 aromatic carbocycles. The van der Waals surface area contributed by atoms with E-state index in [9.17, 15) is 4.79 Å². The molecule has 0 amide bonds. The van der Waals surface area contributed by atoms with Gasteiger partial charge in [-0.15, -0.1) is 0 Å². The number of carbonyl (C=O) groups is 1. The van der Waals surface area contributed by atoms with Gasteiger partial charge in [0.05, 0.1) is 6.26 Å². The molecule has 4 nitrogen and oxygen atoms in total. The Morgan fingerprint density at radius 1 is 1.26 bits per heavy atom. The number of hydrogen-bond donors (Lipinski definition) is 1. The number of ether oxygens (including phenoxy) is 1. The second kappa shape index (κ2) is 6.09. The molecule has 0 aliphatic rings. The van der Waals surface area contributed by atoms with Crippen LogP contribution in [0.15, 0.2) is 41.0 Å². The van der Waals surface area contributed by atoms with E-state index < -0.39 is 5.97 Å². The molecule has 1 heterocycles. The van der Waals surface area contributed by atoms with Crippen molar-refractivity contribution in [3.8, 4) is 5.75 Å². The van der Waals surface area contributed by atoms with Crippen molar-refractivity contribution in [2.45, 2.75) is 26.4 Å². The molecule has 0 saturated heterocycles. The summed E-state index contributed by atoms with van der Waals surface area (Å²) >= 11 is 0. The molecule has 0 unspecified atom stereocenters. The highest BCUT2D eigenvalue weighted by Gasteiger charge is 2.14. The van der Waals surface area contributed by atoms with Crippen molar-refractivity contribution < 1.29 is 19.1 Å². The molecule has 1 aromatic heterocycles. The lowest BCUT2D eigenvalue weighted by atomic mass is 10.1. The second-order valence-corrected chi connectivity index (χ2v) is 4.26. The Morgan fingerprint density at radius 3 is 2.63 bits per heavy atom. The molecule has 0 aliphatic heterocycles. The van der Waals surface area contributed by atoms with Crippen LogP contribution in [-0.2, 0) is 13.0 Å². The lowest BCUT2D eigenvalue weighted by molar-refractivity contribution is 0.0658. The summed E-state index contributed by atoms with van der Waals surface area (Å²) in [5, 5.41) is 8.90. The van der Waals surface area contributed by atoms with Gasteiger partial charge in [-0.2, -0.15) is 0 Å². The Balaban J connectivity index is 1.98. The lowest BCUT2D eigenvalue weighted by Gasteiger charge is -2.06. The monoisotopic (exact) mass is 260 g/mol. The maximum Gasteiger partial charge on any atom is 0.372 e. The SMILES string of the molecule is CCCc1ccc(OCc2ccoc2C(=O)O)cc1. The minimum absolute atomic E-state index is 0.0670. The highest BCUT2D eigenvalue weighted by molar-refractivity contribution is 5.86. The molecule has 0 bridgehead atoms. The number of carboxylic acid groups (broad SMARTS) is 1. The van der Waals surface area contributed by atoms with Gasteiger partial charge in [0, 0.05) is 5.56 Å². The first kappa shape index (κ1) is 13.2. The maximum absolute atomic E-state index is 10.9. The van der Waals surface area contributed by atoms with Crippen LogP contribution < -0.4 is 4.74 Å². The molecule has 0 atom stereocenters. The van der Waals surface area contributed by atoms with Gasteiger partial charge in [-0.25, -0.2) is 4.79 Å². The molecular weight excluding hydrogens is 244 g/mol. The first-order chi connectivity index (χ1) is 9.20. The predicted molar refractivity (Wildman–Crippen MR) is 70.4 cm³/mol. The van der Waals surface area contributed by atoms with E-state index in [1.165, 1.54) is 11.8 Å². The van der Waals surface area contributed by atoms with Crippen molar-refractivity contribution in [2.75, 3.05) is 0 Å². The Labute approximate surface area is 111 Å². The van der Waals surface area contributed by atoms with E-state index in [-0.39, 0.29) is 12.4 Å². The van der Waals surface area contributed by atoms with Crippen molar-refractivity contribution in [1.82, 2.24) is 0 Å². The summed E-state index contributed by atoms with van der Waals surface area (Å²) in [6, 6.07) is 9.44. The van der Waals surface area contributed by atoms with Gasteiger partial charge in [-0.05, 0) is 30.2 Å². The number of carboxylic acids is 1. The Bertz CT molecular complexity index is 540. The number of furan rings is 1. The zero-order valence-corrected chi connectivity index (χ0v) is 10.8. The van der Waals surface area contributed by atoms with E-state index in [2.05, 4.69) is 6.92 Å². The van der Waals surface area contributed by atoms with Gasteiger partial charge in [-0.3, -0.25) is 0 Å². The van der Waals surface area contributed by atoms with E-state index in [0.29, 0.717) is 5.56 Å². The van der Waals surface area contributed by atoms with Crippen molar-refractivity contribution >= 4 is 5.97 Å². The van der Waals surface area contributed by atoms with Gasteiger partial charge in [0.15, 0.2) is 0 Å². The number of rotatable bonds is 6. The molecule has 2 rings (SSSR count). The average Bonchev–Trinajstić information content (AvgIpc) is 2.87. The van der Waals surface area contributed by atoms with Gasteiger partial charge in [0.25, 0.3) is 0 Å². The molecule has 1 N–H and O–H groups in total. The van der Waals surface area contributed by atoms with Crippen LogP contribution in [-0.4, -0.2) is 11.1 Å². The summed E-state index contributed by atoms with van der Waals surface area (Å²) in [5.41, 5.74) is 1.80. The van der Waals surface area contributed by atoms with E-state index in [0.717, 1.165) is 18.6 Å². The smallest absolute Gasteiger partial charge is 0.372 e. The van der Waals surface area contributed by atoms with Crippen molar-refractivity contribution in [2.24, 2.45) is 0 Å². The largest absolute Gasteiger partial charge is 0.489 e. The summed E-state index contributed by atoms with van der Waals surface area (Å²) in [5.74, 6) is -0.429. The molecule has 100 valence electrons. The molecule has 0 fully saturated rings. The average molecular weight is 260 g/mol. The minimum Gasteiger partial charge on any atom is -0.489 e. The quantitative estimate of drug-likeness (QED) is 0.863. The number of aryl methyl sites for hydroxylation is 1. The molecule has 0 aliphatic carbocycles. The van der Waals surface area contributed by atoms with Crippen molar-refractivity contribution in [3.63, 3.8) is 0 Å². The van der Waals surface area contributed by atoms with Crippen LogP contribution in [0.25, 0.3) is 0 Å². The van der Waals surface area contributed by atoms with Crippen molar-refractivity contribution in [3.05, 3.63) is 53.5 Å². The summed E-state index contributed by atoms with van der Waals surface area (Å²) in [6.45, 7) is 2.32. The summed E-state index contributed by atoms with van der Waals surface area (Å²) < 4.78 is 10.4. The number of aromatic carboxylic acids is 1. The summed E-state index contributed by atoms with van der Waals surface area (Å²) in [7, 11) is 0. The third kappa shape index (κ3) is 3.37. The Hall–Kier alpha value is -2.23. The van der Waals surface area contributed by atoms with Gasteiger partial charge in [0.1, 0.15) is 12.4 Å². The summed E-state index contributed by atoms with van der Waals surface area (Å²) in [4.78, 5) is 10.9. The standard InChI is InChI=1S/C15H16O4/c1-2-3-11-4-6-13(7-5-11)19-10-12-8-9-18-14(12)15(16)17/h4-9H,2-3,10H2,1H3,(H,16,17). The van der Waals surface area contributed by atoms with E-state index in [1.54, 1.807) is 6.07 Å². The minimum atomic E-state index is -1.08. The van der Waals surface area contributed by atoms with Crippen LogP contribution in [0.4, 0.5) is 0 Å². The topological polar surface area (TPSA) is 59.7 Å².